The summed E-state index contributed by atoms with van der Waals surface area (Å²) in [7, 11) is 0. The number of hydrazone groups is 1. The van der Waals surface area contributed by atoms with Crippen LogP contribution in [0.3, 0.4) is 0 Å². The Hall–Kier alpha value is -3.46. The van der Waals surface area contributed by atoms with Gasteiger partial charge in [0, 0.05) is 17.7 Å². The molecule has 0 radical (unpaired) electrons. The van der Waals surface area contributed by atoms with Gasteiger partial charge in [0.05, 0.1) is 17.3 Å². The molecule has 126 valence electrons. The van der Waals surface area contributed by atoms with E-state index in [0.29, 0.717) is 17.1 Å². The summed E-state index contributed by atoms with van der Waals surface area (Å²) in [5.41, 5.74) is 2.84. The summed E-state index contributed by atoms with van der Waals surface area (Å²) < 4.78 is 5.57. The van der Waals surface area contributed by atoms with Gasteiger partial charge in [-0.25, -0.2) is 5.10 Å². The first-order chi connectivity index (χ1) is 12.0. The molecule has 10 heteroatoms. The molecule has 3 rings (SSSR count). The molecular formula is C15H10ClN5O4. The number of H-pyrrole nitrogens is 1. The number of hydrogen-bond acceptors (Lipinski definition) is 7. The Labute approximate surface area is 145 Å². The zero-order chi connectivity index (χ0) is 17.8. The fraction of sp³-hybridized carbons (Fsp3) is 0. The van der Waals surface area contributed by atoms with E-state index in [2.05, 4.69) is 20.7 Å². The number of anilines is 1. The number of aromatic amines is 1. The number of nitro groups is 1. The number of aromatic nitrogens is 2. The Morgan fingerprint density at radius 2 is 2.20 bits per heavy atom. The largest absolute Gasteiger partial charge is 0.455 e. The Morgan fingerprint density at radius 1 is 1.36 bits per heavy atom. The summed E-state index contributed by atoms with van der Waals surface area (Å²) in [5.74, 6) is 0.865. The van der Waals surface area contributed by atoms with Gasteiger partial charge in [0.2, 0.25) is 0 Å². The van der Waals surface area contributed by atoms with Crippen molar-refractivity contribution in [3.8, 4) is 11.3 Å². The maximum atomic E-state index is 11.3. The predicted octanol–water partition coefficient (Wildman–Crippen LogP) is 3.04. The van der Waals surface area contributed by atoms with Gasteiger partial charge in [-0.05, 0) is 12.1 Å². The summed E-state index contributed by atoms with van der Waals surface area (Å²) in [5, 5.41) is 20.5. The maximum Gasteiger partial charge on any atom is 0.285 e. The van der Waals surface area contributed by atoms with Crippen molar-refractivity contribution >= 4 is 29.2 Å². The van der Waals surface area contributed by atoms with E-state index in [-0.39, 0.29) is 16.4 Å². The molecule has 0 aliphatic carbocycles. The number of benzene rings is 1. The van der Waals surface area contributed by atoms with E-state index in [9.17, 15) is 14.9 Å². The van der Waals surface area contributed by atoms with Crippen molar-refractivity contribution in [1.82, 2.24) is 10.2 Å². The lowest BCUT2D eigenvalue weighted by molar-refractivity contribution is -0.384. The van der Waals surface area contributed by atoms with Crippen LogP contribution in [-0.2, 0) is 0 Å². The molecule has 25 heavy (non-hydrogen) atoms. The lowest BCUT2D eigenvalue weighted by Crippen LogP contribution is -2.09. The highest BCUT2D eigenvalue weighted by molar-refractivity contribution is 6.32. The van der Waals surface area contributed by atoms with Crippen molar-refractivity contribution in [3.05, 3.63) is 73.8 Å². The number of hydrogen-bond donors (Lipinski definition) is 2. The quantitative estimate of drug-likeness (QED) is 0.409. The molecule has 3 aromatic rings. The average Bonchev–Trinajstić information content (AvgIpc) is 3.08. The number of furan rings is 1. The van der Waals surface area contributed by atoms with Crippen LogP contribution in [0.2, 0.25) is 5.02 Å². The molecule has 0 aliphatic heterocycles. The van der Waals surface area contributed by atoms with Crippen LogP contribution in [0.4, 0.5) is 11.4 Å². The number of nitrogens with zero attached hydrogens (tertiary/aromatic N) is 3. The molecule has 2 heterocycles. The number of nitrogens with one attached hydrogen (secondary N) is 2. The van der Waals surface area contributed by atoms with Gasteiger partial charge in [0.25, 0.3) is 11.2 Å². The smallest absolute Gasteiger partial charge is 0.285 e. The van der Waals surface area contributed by atoms with Gasteiger partial charge in [-0.15, -0.1) is 0 Å². The third-order valence-electron chi connectivity index (χ3n) is 3.14. The molecule has 0 fully saturated rings. The van der Waals surface area contributed by atoms with Gasteiger partial charge in [-0.2, -0.15) is 10.2 Å². The van der Waals surface area contributed by atoms with Crippen LogP contribution in [0.1, 0.15) is 5.76 Å². The zero-order valence-corrected chi connectivity index (χ0v) is 13.2. The lowest BCUT2D eigenvalue weighted by atomic mass is 10.1. The summed E-state index contributed by atoms with van der Waals surface area (Å²) in [6.07, 6.45) is 2.69. The third-order valence-corrected chi connectivity index (χ3v) is 3.52. The fourth-order valence-corrected chi connectivity index (χ4v) is 2.11. The molecule has 0 bridgehead atoms. The Morgan fingerprint density at radius 3 is 3.00 bits per heavy atom. The van der Waals surface area contributed by atoms with E-state index in [1.165, 1.54) is 24.5 Å². The molecule has 0 amide bonds. The molecule has 1 aromatic carbocycles. The highest BCUT2D eigenvalue weighted by Crippen LogP contribution is 2.25. The van der Waals surface area contributed by atoms with Crippen LogP contribution in [0.25, 0.3) is 11.3 Å². The molecule has 2 N–H and O–H groups in total. The Kier molecular flexibility index (Phi) is 4.57. The zero-order valence-electron chi connectivity index (χ0n) is 12.5. The van der Waals surface area contributed by atoms with Crippen LogP contribution in [0.15, 0.2) is 56.9 Å². The lowest BCUT2D eigenvalue weighted by Gasteiger charge is -1.99. The molecule has 0 saturated carbocycles. The minimum absolute atomic E-state index is 0.0257. The average molecular weight is 360 g/mol. The highest BCUT2D eigenvalue weighted by Gasteiger charge is 2.10. The normalized spacial score (nSPS) is 10.9. The first kappa shape index (κ1) is 16.4. The number of rotatable bonds is 5. The molecule has 0 saturated heterocycles. The summed E-state index contributed by atoms with van der Waals surface area (Å²) in [6.45, 7) is 0. The second-order valence-electron chi connectivity index (χ2n) is 4.81. The third kappa shape index (κ3) is 3.72. The first-order valence-electron chi connectivity index (χ1n) is 6.91. The van der Waals surface area contributed by atoms with Crippen molar-refractivity contribution in [2.24, 2.45) is 5.10 Å². The Balaban J connectivity index is 1.75. The molecule has 0 unspecified atom stereocenters. The summed E-state index contributed by atoms with van der Waals surface area (Å²) in [4.78, 5) is 21.6. The standard InChI is InChI=1S/C15H10ClN5O4/c16-14-12(8-18-20-15(14)22)19-17-7-11-4-5-13(25-11)9-2-1-3-10(6-9)21(23)24/h1-8H,(H2,19,20,22)/b17-7-. The van der Waals surface area contributed by atoms with Crippen LogP contribution in [0, 0.1) is 10.1 Å². The molecular weight excluding hydrogens is 350 g/mol. The van der Waals surface area contributed by atoms with E-state index in [0.717, 1.165) is 0 Å². The minimum atomic E-state index is -0.534. The second kappa shape index (κ2) is 6.97. The van der Waals surface area contributed by atoms with Crippen molar-refractivity contribution in [3.63, 3.8) is 0 Å². The topological polar surface area (TPSA) is 126 Å². The highest BCUT2D eigenvalue weighted by atomic mass is 35.5. The first-order valence-corrected chi connectivity index (χ1v) is 7.29. The van der Waals surface area contributed by atoms with Gasteiger partial charge in [-0.3, -0.25) is 20.3 Å². The minimum Gasteiger partial charge on any atom is -0.455 e. The predicted molar refractivity (Wildman–Crippen MR) is 91.9 cm³/mol. The summed E-state index contributed by atoms with van der Waals surface area (Å²) in [6, 6.07) is 9.41. The van der Waals surface area contributed by atoms with Crippen molar-refractivity contribution < 1.29 is 9.34 Å². The van der Waals surface area contributed by atoms with Gasteiger partial charge in [0.1, 0.15) is 22.2 Å². The Bertz CT molecular complexity index is 1010. The van der Waals surface area contributed by atoms with Crippen LogP contribution in [0.5, 0.6) is 0 Å². The van der Waals surface area contributed by atoms with Crippen molar-refractivity contribution in [2.45, 2.75) is 0 Å². The van der Waals surface area contributed by atoms with Gasteiger partial charge in [0.15, 0.2) is 0 Å². The van der Waals surface area contributed by atoms with E-state index < -0.39 is 10.5 Å². The number of nitro benzene ring substituents is 1. The summed E-state index contributed by atoms with van der Waals surface area (Å²) >= 11 is 5.80. The van der Waals surface area contributed by atoms with E-state index in [1.54, 1.807) is 24.3 Å². The van der Waals surface area contributed by atoms with E-state index in [4.69, 9.17) is 16.0 Å². The molecule has 0 atom stereocenters. The number of halogens is 1. The van der Waals surface area contributed by atoms with E-state index in [1.807, 2.05) is 0 Å². The van der Waals surface area contributed by atoms with Gasteiger partial charge in [-0.1, -0.05) is 23.7 Å². The van der Waals surface area contributed by atoms with Crippen molar-refractivity contribution in [1.29, 1.82) is 0 Å². The van der Waals surface area contributed by atoms with Crippen molar-refractivity contribution in [2.75, 3.05) is 5.43 Å². The SMILES string of the molecule is O=c1[nH]ncc(N/N=C\c2ccc(-c3cccc([N+](=O)[O-])c3)o2)c1Cl. The van der Waals surface area contributed by atoms with Crippen LogP contribution >= 0.6 is 11.6 Å². The van der Waals surface area contributed by atoms with E-state index >= 15 is 0 Å². The molecule has 0 aliphatic rings. The monoisotopic (exact) mass is 359 g/mol. The van der Waals surface area contributed by atoms with Crippen LogP contribution in [-0.4, -0.2) is 21.3 Å². The van der Waals surface area contributed by atoms with Gasteiger partial charge >= 0.3 is 0 Å². The molecule has 2 aromatic heterocycles. The molecule has 9 nitrogen and oxygen atoms in total. The van der Waals surface area contributed by atoms with Crippen LogP contribution < -0.4 is 11.0 Å². The van der Waals surface area contributed by atoms with Gasteiger partial charge < -0.3 is 4.42 Å². The number of non-ortho nitro benzene ring substituents is 1. The second-order valence-corrected chi connectivity index (χ2v) is 5.18. The molecule has 0 spiro atoms. The fourth-order valence-electron chi connectivity index (χ4n) is 1.98. The maximum absolute atomic E-state index is 11.3.